The van der Waals surface area contributed by atoms with E-state index in [1.54, 1.807) is 27.9 Å². The van der Waals surface area contributed by atoms with E-state index in [-0.39, 0.29) is 36.0 Å². The number of anilines is 2. The molecular formula is C20H24N4O5S. The van der Waals surface area contributed by atoms with Crippen LogP contribution in [0.3, 0.4) is 0 Å². The van der Waals surface area contributed by atoms with Gasteiger partial charge in [0.1, 0.15) is 9.84 Å². The summed E-state index contributed by atoms with van der Waals surface area (Å²) in [6.07, 6.45) is 3.56. The summed E-state index contributed by atoms with van der Waals surface area (Å²) in [4.78, 5) is 26.8. The average Bonchev–Trinajstić information content (AvgIpc) is 3.16. The summed E-state index contributed by atoms with van der Waals surface area (Å²) in [7, 11) is -2.94. The fraction of sp³-hybridized carbons (Fsp3) is 0.450. The number of hydrogen-bond acceptors (Lipinski definition) is 5. The summed E-state index contributed by atoms with van der Waals surface area (Å²) in [5.74, 6) is 0.193. The molecular weight excluding hydrogens is 408 g/mol. The highest BCUT2D eigenvalue weighted by Crippen LogP contribution is 2.39. The molecule has 2 aliphatic heterocycles. The predicted molar refractivity (Wildman–Crippen MR) is 113 cm³/mol. The Hall–Kier alpha value is -2.88. The molecule has 1 fully saturated rings. The Labute approximate surface area is 174 Å². The molecule has 3 heterocycles. The summed E-state index contributed by atoms with van der Waals surface area (Å²) >= 11 is 0. The molecule has 0 aliphatic carbocycles. The second kappa shape index (κ2) is 7.42. The van der Waals surface area contributed by atoms with E-state index in [1.807, 2.05) is 19.2 Å². The molecule has 1 atom stereocenters. The molecule has 0 radical (unpaired) electrons. The maximum Gasteiger partial charge on any atom is 0.411 e. The molecule has 2 aliphatic rings. The normalized spacial score (nSPS) is 21.3. The van der Waals surface area contributed by atoms with Crippen molar-refractivity contribution in [2.45, 2.75) is 38.8 Å². The number of sulfone groups is 1. The lowest BCUT2D eigenvalue weighted by molar-refractivity contribution is -0.117. The summed E-state index contributed by atoms with van der Waals surface area (Å²) in [6.45, 7) is 3.49. The largest absolute Gasteiger partial charge is 0.465 e. The van der Waals surface area contributed by atoms with Crippen molar-refractivity contribution < 1.29 is 23.1 Å². The molecule has 2 amide bonds. The number of carbonyl (C=O) groups excluding carboxylic acids is 1. The molecule has 10 heteroatoms. The van der Waals surface area contributed by atoms with Crippen LogP contribution in [0.25, 0.3) is 11.1 Å². The molecule has 1 aromatic heterocycles. The van der Waals surface area contributed by atoms with Crippen molar-refractivity contribution in [2.75, 3.05) is 27.9 Å². The van der Waals surface area contributed by atoms with Crippen LogP contribution in [0.2, 0.25) is 0 Å². The molecule has 9 nitrogen and oxygen atoms in total. The lowest BCUT2D eigenvalue weighted by Gasteiger charge is -2.39. The number of benzene rings is 1. The van der Waals surface area contributed by atoms with Gasteiger partial charge in [-0.15, -0.1) is 0 Å². The monoisotopic (exact) mass is 432 g/mol. The van der Waals surface area contributed by atoms with Crippen molar-refractivity contribution in [3.8, 4) is 11.1 Å². The van der Waals surface area contributed by atoms with E-state index in [9.17, 15) is 23.1 Å². The van der Waals surface area contributed by atoms with Gasteiger partial charge in [0.25, 0.3) is 0 Å². The van der Waals surface area contributed by atoms with Crippen molar-refractivity contribution in [3.05, 3.63) is 30.6 Å². The second-order valence-electron chi connectivity index (χ2n) is 7.93. The van der Waals surface area contributed by atoms with Gasteiger partial charge in [-0.1, -0.05) is 6.07 Å². The van der Waals surface area contributed by atoms with Gasteiger partial charge in [0.05, 0.1) is 41.2 Å². The lowest BCUT2D eigenvalue weighted by Crippen LogP contribution is -2.51. The Morgan fingerprint density at radius 2 is 1.83 bits per heavy atom. The van der Waals surface area contributed by atoms with Crippen molar-refractivity contribution in [3.63, 3.8) is 0 Å². The molecule has 1 N–H and O–H groups in total. The fourth-order valence-corrected chi connectivity index (χ4v) is 5.76. The number of fused-ring (bicyclic) bond motifs is 1. The molecule has 30 heavy (non-hydrogen) atoms. The Morgan fingerprint density at radius 1 is 1.13 bits per heavy atom. The van der Waals surface area contributed by atoms with Crippen LogP contribution in [-0.2, 0) is 14.6 Å². The molecule has 0 unspecified atom stereocenters. The number of rotatable bonds is 2. The topological polar surface area (TPSA) is 113 Å². The molecule has 1 saturated heterocycles. The van der Waals surface area contributed by atoms with Crippen LogP contribution in [0.15, 0.2) is 30.6 Å². The van der Waals surface area contributed by atoms with Crippen LogP contribution < -0.4 is 9.80 Å². The fourth-order valence-electron chi connectivity index (χ4n) is 4.29. The van der Waals surface area contributed by atoms with Gasteiger partial charge in [-0.3, -0.25) is 14.4 Å². The van der Waals surface area contributed by atoms with Crippen LogP contribution >= 0.6 is 0 Å². The number of amides is 2. The molecule has 160 valence electrons. The molecule has 4 rings (SSSR count). The lowest BCUT2D eigenvalue weighted by atomic mass is 10.0. The van der Waals surface area contributed by atoms with Gasteiger partial charge in [0.2, 0.25) is 5.91 Å². The third-order valence-electron chi connectivity index (χ3n) is 5.82. The van der Waals surface area contributed by atoms with Gasteiger partial charge in [0.15, 0.2) is 0 Å². The van der Waals surface area contributed by atoms with E-state index in [0.717, 1.165) is 11.1 Å². The van der Waals surface area contributed by atoms with Crippen molar-refractivity contribution in [1.29, 1.82) is 0 Å². The molecule has 0 bridgehead atoms. The quantitative estimate of drug-likeness (QED) is 0.780. The van der Waals surface area contributed by atoms with Gasteiger partial charge in [-0.2, -0.15) is 5.10 Å². The third-order valence-corrected chi connectivity index (χ3v) is 7.53. The maximum atomic E-state index is 12.1. The molecule has 2 aromatic rings. The SMILES string of the molecule is CC(=O)N1c2ccc(-c3cnn(C4CCS(=O)(=O)CC4)c3)cc2N(C(=O)O)C[C@@H]1C. The van der Waals surface area contributed by atoms with Gasteiger partial charge < -0.3 is 10.0 Å². The maximum absolute atomic E-state index is 12.1. The average molecular weight is 433 g/mol. The van der Waals surface area contributed by atoms with E-state index in [2.05, 4.69) is 5.10 Å². The highest BCUT2D eigenvalue weighted by atomic mass is 32.2. The first-order valence-corrected chi connectivity index (χ1v) is 11.7. The van der Waals surface area contributed by atoms with Crippen molar-refractivity contribution in [1.82, 2.24) is 9.78 Å². The zero-order valence-corrected chi connectivity index (χ0v) is 17.7. The third kappa shape index (κ3) is 3.67. The second-order valence-corrected chi connectivity index (χ2v) is 10.2. The molecule has 1 aromatic carbocycles. The Morgan fingerprint density at radius 3 is 2.47 bits per heavy atom. The highest BCUT2D eigenvalue weighted by molar-refractivity contribution is 7.91. The standard InChI is InChI=1S/C20H24N4O5S/c1-13-11-22(20(26)27)19-9-15(3-4-18(19)24(13)14(2)25)16-10-21-23(12-16)17-5-7-30(28,29)8-6-17/h3-4,9-10,12-13,17H,5-8,11H2,1-2H3,(H,26,27)/t13-/m0/s1. The van der Waals surface area contributed by atoms with Gasteiger partial charge in [-0.05, 0) is 37.5 Å². The van der Waals surface area contributed by atoms with Gasteiger partial charge in [0, 0.05) is 25.2 Å². The minimum atomic E-state index is -2.94. The zero-order valence-electron chi connectivity index (χ0n) is 16.9. The minimum Gasteiger partial charge on any atom is -0.465 e. The smallest absolute Gasteiger partial charge is 0.411 e. The number of carboxylic acid groups (broad SMARTS) is 1. The van der Waals surface area contributed by atoms with E-state index in [0.29, 0.717) is 24.2 Å². The Balaban J connectivity index is 1.67. The predicted octanol–water partition coefficient (Wildman–Crippen LogP) is 2.54. The van der Waals surface area contributed by atoms with Crippen LogP contribution in [0, 0.1) is 0 Å². The van der Waals surface area contributed by atoms with Crippen molar-refractivity contribution >= 4 is 33.2 Å². The van der Waals surface area contributed by atoms with Gasteiger partial charge >= 0.3 is 6.09 Å². The molecule has 0 spiro atoms. The van der Waals surface area contributed by atoms with Crippen LogP contribution in [-0.4, -0.2) is 59.4 Å². The first-order chi connectivity index (χ1) is 14.2. The van der Waals surface area contributed by atoms with E-state index in [1.165, 1.54) is 11.8 Å². The van der Waals surface area contributed by atoms with Crippen molar-refractivity contribution in [2.24, 2.45) is 0 Å². The first-order valence-electron chi connectivity index (χ1n) is 9.85. The van der Waals surface area contributed by atoms with Crippen LogP contribution in [0.1, 0.15) is 32.7 Å². The molecule has 0 saturated carbocycles. The summed E-state index contributed by atoms with van der Waals surface area (Å²) in [5, 5.41) is 14.1. The van der Waals surface area contributed by atoms with E-state index < -0.39 is 15.9 Å². The van der Waals surface area contributed by atoms with Gasteiger partial charge in [-0.25, -0.2) is 13.2 Å². The Kier molecular flexibility index (Phi) is 5.05. The number of hydrogen-bond donors (Lipinski definition) is 1. The zero-order chi connectivity index (χ0) is 21.6. The van der Waals surface area contributed by atoms with Crippen LogP contribution in [0.5, 0.6) is 0 Å². The highest BCUT2D eigenvalue weighted by Gasteiger charge is 2.34. The first kappa shape index (κ1) is 20.4. The number of carbonyl (C=O) groups is 2. The number of aromatic nitrogens is 2. The summed E-state index contributed by atoms with van der Waals surface area (Å²) in [6, 6.07) is 5.14. The number of nitrogens with zero attached hydrogens (tertiary/aromatic N) is 4. The van der Waals surface area contributed by atoms with E-state index in [4.69, 9.17) is 0 Å². The van der Waals surface area contributed by atoms with Crippen LogP contribution in [0.4, 0.5) is 16.2 Å². The minimum absolute atomic E-state index is 0.0319. The van der Waals surface area contributed by atoms with E-state index >= 15 is 0 Å². The summed E-state index contributed by atoms with van der Waals surface area (Å²) < 4.78 is 25.1. The summed E-state index contributed by atoms with van der Waals surface area (Å²) in [5.41, 5.74) is 2.62. The Bertz CT molecular complexity index is 1100.